The summed E-state index contributed by atoms with van der Waals surface area (Å²) in [6, 6.07) is 20.8. The van der Waals surface area contributed by atoms with E-state index >= 15 is 4.39 Å². The van der Waals surface area contributed by atoms with E-state index in [0.717, 1.165) is 33.3 Å². The van der Waals surface area contributed by atoms with Crippen LogP contribution in [0.15, 0.2) is 72.8 Å². The van der Waals surface area contributed by atoms with E-state index in [2.05, 4.69) is 20.8 Å². The van der Waals surface area contributed by atoms with Crippen LogP contribution >= 0.6 is 0 Å². The molecule has 2 aliphatic rings. The van der Waals surface area contributed by atoms with Crippen LogP contribution in [0.1, 0.15) is 41.4 Å². The van der Waals surface area contributed by atoms with Crippen molar-refractivity contribution in [3.63, 3.8) is 0 Å². The molecule has 4 amide bonds. The smallest absolute Gasteiger partial charge is 0.326 e. The van der Waals surface area contributed by atoms with Gasteiger partial charge in [-0.1, -0.05) is 42.5 Å². The number of nitrogens with zero attached hydrogens (tertiary/aromatic N) is 5. The molecule has 2 aliphatic heterocycles. The third-order valence-corrected chi connectivity index (χ3v) is 11.4. The molecular weight excluding hydrogens is 744 g/mol. The van der Waals surface area contributed by atoms with E-state index in [9.17, 15) is 27.6 Å². The largest absolute Gasteiger partial charge is 0.487 e. The number of hydrogen-bond donors (Lipinski definition) is 3. The summed E-state index contributed by atoms with van der Waals surface area (Å²) in [5.74, 6) is -3.39. The number of aryl methyl sites for hydroxylation is 2. The number of amides is 4. The monoisotopic (exact) mass is 778 g/mol. The van der Waals surface area contributed by atoms with Crippen LogP contribution in [-0.4, -0.2) is 58.2 Å². The zero-order valence-electron chi connectivity index (χ0n) is 30.4. The van der Waals surface area contributed by atoms with Crippen molar-refractivity contribution >= 4 is 66.9 Å². The van der Waals surface area contributed by atoms with Crippen molar-refractivity contribution in [1.29, 1.82) is 0 Å². The Bertz CT molecular complexity index is 2750. The van der Waals surface area contributed by atoms with Gasteiger partial charge in [0.05, 0.1) is 22.8 Å². The Morgan fingerprint density at radius 2 is 1.75 bits per heavy atom. The molecule has 2 fully saturated rings. The number of carbonyl (C=O) groups is 4. The SMILES string of the molecule is Cc1nn(CC(=O)Nc2ccc3c(F)c(N4CC(=O)NS4(=O)=O)c(OCc4ccccc4)cc3c2)c(C)c1-c1ccc2c(C3CCC(=O)NC3=O)nn(C)c2c1. The molecule has 0 aliphatic carbocycles. The minimum absolute atomic E-state index is 0.00552. The van der Waals surface area contributed by atoms with Gasteiger partial charge in [0.1, 0.15) is 31.1 Å². The van der Waals surface area contributed by atoms with E-state index in [1.807, 2.05) is 42.8 Å². The fourth-order valence-electron chi connectivity index (χ4n) is 7.39. The number of carbonyl (C=O) groups excluding carboxylic acids is 4. The van der Waals surface area contributed by atoms with Gasteiger partial charge in [-0.2, -0.15) is 18.6 Å². The number of rotatable bonds is 9. The van der Waals surface area contributed by atoms with E-state index in [1.54, 1.807) is 46.7 Å². The molecule has 0 spiro atoms. The van der Waals surface area contributed by atoms with Gasteiger partial charge in [-0.15, -0.1) is 0 Å². The van der Waals surface area contributed by atoms with Crippen molar-refractivity contribution in [3.05, 3.63) is 101 Å². The van der Waals surface area contributed by atoms with Gasteiger partial charge in [-0.25, -0.2) is 13.4 Å². The van der Waals surface area contributed by atoms with Gasteiger partial charge < -0.3 is 10.1 Å². The number of aromatic nitrogens is 4. The molecule has 1 unspecified atom stereocenters. The molecule has 0 bridgehead atoms. The van der Waals surface area contributed by atoms with Crippen molar-refractivity contribution in [2.75, 3.05) is 16.2 Å². The number of hydrogen-bond acceptors (Lipinski definition) is 9. The Labute approximate surface area is 319 Å². The molecule has 1 atom stereocenters. The second-order valence-electron chi connectivity index (χ2n) is 13.8. The molecule has 3 N–H and O–H groups in total. The van der Waals surface area contributed by atoms with Gasteiger partial charge in [0.2, 0.25) is 17.7 Å². The maximum atomic E-state index is 16.3. The standard InChI is InChI=1S/C39H35FN8O7S/c1-21-35(24-9-11-28-30(16-24)46(3)44-37(28)29-13-14-32(49)42-39(29)52)22(2)47(43-21)18-33(50)41-26-10-12-27-25(15-26)17-31(55-20-23-7-5-4-6-8-23)38(36(27)40)48-19-34(51)45-56(48,53)54/h4-12,15-17,29H,13-14,18-20H2,1-3H3,(H,41,50)(H,45,51)(H,42,49,52). The lowest BCUT2D eigenvalue weighted by Crippen LogP contribution is -2.39. The summed E-state index contributed by atoms with van der Waals surface area (Å²) in [6.07, 6.45) is 0.636. The van der Waals surface area contributed by atoms with Gasteiger partial charge in [-0.3, -0.25) is 33.9 Å². The van der Waals surface area contributed by atoms with Crippen LogP contribution < -0.4 is 24.4 Å². The number of anilines is 2. The van der Waals surface area contributed by atoms with Gasteiger partial charge >= 0.3 is 10.2 Å². The Balaban J connectivity index is 1.05. The van der Waals surface area contributed by atoms with E-state index in [4.69, 9.17) is 4.74 Å². The number of nitrogens with one attached hydrogen (secondary N) is 3. The topological polar surface area (TPSA) is 187 Å². The van der Waals surface area contributed by atoms with E-state index < -0.39 is 46.0 Å². The van der Waals surface area contributed by atoms with Crippen LogP contribution in [0.5, 0.6) is 5.75 Å². The van der Waals surface area contributed by atoms with Crippen LogP contribution in [0.4, 0.5) is 15.8 Å². The Hall–Kier alpha value is -6.62. The van der Waals surface area contributed by atoms with Gasteiger partial charge in [0.15, 0.2) is 5.82 Å². The number of fused-ring (bicyclic) bond motifs is 2. The molecule has 286 valence electrons. The quantitative estimate of drug-likeness (QED) is 0.180. The number of ether oxygens (including phenoxy) is 1. The molecule has 4 heterocycles. The predicted molar refractivity (Wildman–Crippen MR) is 204 cm³/mol. The van der Waals surface area contributed by atoms with Gasteiger partial charge in [0, 0.05) is 41.2 Å². The lowest BCUT2D eigenvalue weighted by molar-refractivity contribution is -0.134. The summed E-state index contributed by atoms with van der Waals surface area (Å²) < 4.78 is 53.6. The highest BCUT2D eigenvalue weighted by molar-refractivity contribution is 7.92. The number of benzene rings is 4. The Morgan fingerprint density at radius 1 is 0.982 bits per heavy atom. The summed E-state index contributed by atoms with van der Waals surface area (Å²) in [5.41, 5.74) is 5.23. The van der Waals surface area contributed by atoms with Crippen molar-refractivity contribution in [3.8, 4) is 16.9 Å². The zero-order chi connectivity index (χ0) is 39.5. The first-order chi connectivity index (χ1) is 26.8. The molecule has 6 aromatic rings. The predicted octanol–water partition coefficient (Wildman–Crippen LogP) is 4.26. The van der Waals surface area contributed by atoms with E-state index in [0.29, 0.717) is 33.2 Å². The zero-order valence-corrected chi connectivity index (χ0v) is 31.2. The van der Waals surface area contributed by atoms with Crippen molar-refractivity contribution < 1.29 is 36.7 Å². The highest BCUT2D eigenvalue weighted by Gasteiger charge is 2.38. The highest BCUT2D eigenvalue weighted by atomic mass is 32.2. The van der Waals surface area contributed by atoms with Crippen molar-refractivity contribution in [1.82, 2.24) is 29.6 Å². The number of piperidine rings is 1. The summed E-state index contributed by atoms with van der Waals surface area (Å²) in [4.78, 5) is 49.8. The van der Waals surface area contributed by atoms with Crippen molar-refractivity contribution in [2.45, 2.75) is 45.8 Å². The molecule has 15 nitrogen and oxygen atoms in total. The molecular formula is C39H35FN8O7S. The van der Waals surface area contributed by atoms with Crippen molar-refractivity contribution in [2.24, 2.45) is 7.05 Å². The van der Waals surface area contributed by atoms with Crippen LogP contribution in [-0.2, 0) is 49.6 Å². The second kappa shape index (κ2) is 13.9. The van der Waals surface area contributed by atoms with Gasteiger partial charge in [0.25, 0.3) is 5.91 Å². The fourth-order valence-corrected chi connectivity index (χ4v) is 8.55. The summed E-state index contributed by atoms with van der Waals surface area (Å²) >= 11 is 0. The van der Waals surface area contributed by atoms with Crippen LogP contribution in [0.3, 0.4) is 0 Å². The summed E-state index contributed by atoms with van der Waals surface area (Å²) in [7, 11) is -2.56. The third-order valence-electron chi connectivity index (χ3n) is 10.0. The maximum Gasteiger partial charge on any atom is 0.326 e. The second-order valence-corrected chi connectivity index (χ2v) is 15.4. The minimum Gasteiger partial charge on any atom is -0.487 e. The average molecular weight is 779 g/mol. The highest BCUT2D eigenvalue weighted by Crippen LogP contribution is 2.41. The van der Waals surface area contributed by atoms with E-state index in [-0.39, 0.29) is 42.5 Å². The van der Waals surface area contributed by atoms with Gasteiger partial charge in [-0.05, 0) is 67.1 Å². The first-order valence-corrected chi connectivity index (χ1v) is 19.1. The summed E-state index contributed by atoms with van der Waals surface area (Å²) in [5, 5.41) is 15.7. The third kappa shape index (κ3) is 6.59. The molecule has 17 heteroatoms. The molecule has 0 saturated carbocycles. The molecule has 56 heavy (non-hydrogen) atoms. The molecule has 2 saturated heterocycles. The first-order valence-electron chi connectivity index (χ1n) is 17.7. The van der Waals surface area contributed by atoms with Crippen LogP contribution in [0, 0.1) is 19.7 Å². The fraction of sp³-hybridized carbons (Fsp3) is 0.231. The minimum atomic E-state index is -4.36. The average Bonchev–Trinajstić information content (AvgIpc) is 3.73. The first kappa shape index (κ1) is 36.4. The lowest BCUT2D eigenvalue weighted by atomic mass is 9.92. The maximum absolute atomic E-state index is 16.3. The lowest BCUT2D eigenvalue weighted by Gasteiger charge is -2.21. The number of halogens is 1. The van der Waals surface area contributed by atoms with Crippen LogP contribution in [0.25, 0.3) is 32.8 Å². The Morgan fingerprint density at radius 3 is 2.48 bits per heavy atom. The molecule has 4 aromatic carbocycles. The summed E-state index contributed by atoms with van der Waals surface area (Å²) in [6.45, 7) is 2.96. The molecule has 2 aromatic heterocycles. The molecule has 0 radical (unpaired) electrons. The Kier molecular flexibility index (Phi) is 9.03. The normalized spacial score (nSPS) is 16.7. The van der Waals surface area contributed by atoms with E-state index in [1.165, 1.54) is 18.2 Å². The molecule has 8 rings (SSSR count). The number of imide groups is 1. The van der Waals surface area contributed by atoms with Crippen LogP contribution in [0.2, 0.25) is 0 Å².